The number of hydrogen-bond donors (Lipinski definition) is 2. The maximum Gasteiger partial charge on any atom is 0.338 e. The highest BCUT2D eigenvalue weighted by Gasteiger charge is 2.23. The topological polar surface area (TPSA) is 110 Å². The van der Waals surface area contributed by atoms with Crippen LogP contribution >= 0.6 is 27.3 Å². The van der Waals surface area contributed by atoms with Crippen LogP contribution in [0.2, 0.25) is 0 Å². The SMILES string of the molecule is CCC(OC(=O)c1ccc2nc(-c3cccnc3)[nH]c2c1)C(=O)Nc1nc(-c2ccc(Br)cc2)cs1. The molecule has 1 atom stereocenters. The zero-order chi connectivity index (χ0) is 25.1. The highest BCUT2D eigenvalue weighted by Crippen LogP contribution is 2.27. The summed E-state index contributed by atoms with van der Waals surface area (Å²) in [4.78, 5) is 42.0. The van der Waals surface area contributed by atoms with Crippen molar-refractivity contribution in [1.82, 2.24) is 19.9 Å². The number of benzene rings is 2. The Labute approximate surface area is 218 Å². The molecule has 180 valence electrons. The number of imidazole rings is 1. The van der Waals surface area contributed by atoms with E-state index in [4.69, 9.17) is 4.74 Å². The van der Waals surface area contributed by atoms with Crippen LogP contribution in [0.4, 0.5) is 5.13 Å². The molecule has 0 fully saturated rings. The quantitative estimate of drug-likeness (QED) is 0.233. The minimum Gasteiger partial charge on any atom is -0.449 e. The van der Waals surface area contributed by atoms with Crippen molar-refractivity contribution in [1.29, 1.82) is 0 Å². The molecule has 10 heteroatoms. The fourth-order valence-corrected chi connectivity index (χ4v) is 4.55. The first kappa shape index (κ1) is 23.8. The van der Waals surface area contributed by atoms with Crippen LogP contribution in [0.15, 0.2) is 76.8 Å². The number of halogens is 1. The molecule has 0 bridgehead atoms. The number of ether oxygens (including phenoxy) is 1. The summed E-state index contributed by atoms with van der Waals surface area (Å²) in [7, 11) is 0. The van der Waals surface area contributed by atoms with Crippen LogP contribution in [0.1, 0.15) is 23.7 Å². The van der Waals surface area contributed by atoms with Crippen LogP contribution < -0.4 is 5.32 Å². The van der Waals surface area contributed by atoms with E-state index in [1.54, 1.807) is 37.5 Å². The van der Waals surface area contributed by atoms with Gasteiger partial charge in [0.15, 0.2) is 11.2 Å². The van der Waals surface area contributed by atoms with Crippen LogP contribution in [0.3, 0.4) is 0 Å². The number of hydrogen-bond acceptors (Lipinski definition) is 7. The first-order valence-corrected chi connectivity index (χ1v) is 12.8. The Kier molecular flexibility index (Phi) is 6.88. The average molecular weight is 562 g/mol. The Bertz CT molecular complexity index is 1530. The molecule has 1 amide bonds. The number of nitrogens with zero attached hydrogens (tertiary/aromatic N) is 3. The van der Waals surface area contributed by atoms with E-state index in [0.29, 0.717) is 34.0 Å². The fourth-order valence-electron chi connectivity index (χ4n) is 3.57. The van der Waals surface area contributed by atoms with Crippen molar-refractivity contribution in [2.75, 3.05) is 5.32 Å². The van der Waals surface area contributed by atoms with Crippen LogP contribution in [0, 0.1) is 0 Å². The van der Waals surface area contributed by atoms with Gasteiger partial charge in [-0.15, -0.1) is 11.3 Å². The third-order valence-corrected chi connectivity index (χ3v) is 6.73. The Morgan fingerprint density at radius 2 is 1.94 bits per heavy atom. The number of carbonyl (C=O) groups is 2. The van der Waals surface area contributed by atoms with E-state index in [-0.39, 0.29) is 0 Å². The molecule has 8 nitrogen and oxygen atoms in total. The lowest BCUT2D eigenvalue weighted by Gasteiger charge is -2.15. The maximum atomic E-state index is 12.8. The number of anilines is 1. The van der Waals surface area contributed by atoms with Gasteiger partial charge < -0.3 is 9.72 Å². The zero-order valence-electron chi connectivity index (χ0n) is 19.1. The molecule has 0 spiro atoms. The summed E-state index contributed by atoms with van der Waals surface area (Å²) < 4.78 is 6.52. The summed E-state index contributed by atoms with van der Waals surface area (Å²) in [5.74, 6) is -0.365. The van der Waals surface area contributed by atoms with E-state index in [0.717, 1.165) is 21.3 Å². The number of fused-ring (bicyclic) bond motifs is 1. The summed E-state index contributed by atoms with van der Waals surface area (Å²) in [5, 5.41) is 5.07. The number of H-pyrrole nitrogens is 1. The van der Waals surface area contributed by atoms with Crippen molar-refractivity contribution in [3.8, 4) is 22.6 Å². The van der Waals surface area contributed by atoms with Gasteiger partial charge in [-0.3, -0.25) is 15.1 Å². The monoisotopic (exact) mass is 561 g/mol. The lowest BCUT2D eigenvalue weighted by Crippen LogP contribution is -2.32. The molecule has 0 saturated carbocycles. The number of rotatable bonds is 7. The van der Waals surface area contributed by atoms with E-state index in [9.17, 15) is 9.59 Å². The highest BCUT2D eigenvalue weighted by molar-refractivity contribution is 9.10. The van der Waals surface area contributed by atoms with E-state index in [1.807, 2.05) is 41.8 Å². The summed E-state index contributed by atoms with van der Waals surface area (Å²) in [6.45, 7) is 1.78. The van der Waals surface area contributed by atoms with Crippen LogP contribution in [0.5, 0.6) is 0 Å². The molecule has 3 heterocycles. The second-order valence-corrected chi connectivity index (χ2v) is 9.67. The van der Waals surface area contributed by atoms with E-state index >= 15 is 0 Å². The van der Waals surface area contributed by atoms with Gasteiger partial charge in [0.25, 0.3) is 5.91 Å². The minimum atomic E-state index is -0.957. The molecule has 5 aromatic rings. The largest absolute Gasteiger partial charge is 0.449 e. The van der Waals surface area contributed by atoms with Crippen LogP contribution in [-0.4, -0.2) is 37.9 Å². The Morgan fingerprint density at radius 3 is 2.69 bits per heavy atom. The van der Waals surface area contributed by atoms with Gasteiger partial charge in [0.2, 0.25) is 0 Å². The van der Waals surface area contributed by atoms with Gasteiger partial charge in [-0.2, -0.15) is 0 Å². The predicted octanol–water partition coefficient (Wildman–Crippen LogP) is 6.09. The van der Waals surface area contributed by atoms with Gasteiger partial charge in [-0.25, -0.2) is 14.8 Å². The van der Waals surface area contributed by atoms with E-state index in [2.05, 4.69) is 41.2 Å². The fraction of sp³-hybridized carbons (Fsp3) is 0.115. The number of aromatic nitrogens is 4. The first-order valence-electron chi connectivity index (χ1n) is 11.1. The second-order valence-electron chi connectivity index (χ2n) is 7.90. The van der Waals surface area contributed by atoms with Crippen molar-refractivity contribution in [2.24, 2.45) is 0 Å². The molecule has 2 N–H and O–H groups in total. The summed E-state index contributed by atoms with van der Waals surface area (Å²) in [5.41, 5.74) is 4.25. The number of esters is 1. The first-order chi connectivity index (χ1) is 17.5. The standard InChI is InChI=1S/C26H20BrN5O3S/c1-2-22(24(33)32-26-31-21(14-36-26)15-5-8-18(27)9-6-15)35-25(34)16-7-10-19-20(12-16)30-23(29-19)17-4-3-11-28-13-17/h3-14,22H,2H2,1H3,(H,29,30)(H,31,32,33). The molecule has 36 heavy (non-hydrogen) atoms. The van der Waals surface area contributed by atoms with E-state index < -0.39 is 18.0 Å². The number of carbonyl (C=O) groups excluding carboxylic acids is 2. The molecule has 0 aliphatic heterocycles. The van der Waals surface area contributed by atoms with Crippen molar-refractivity contribution in [2.45, 2.75) is 19.4 Å². The summed E-state index contributed by atoms with van der Waals surface area (Å²) in [6.07, 6.45) is 2.76. The molecule has 3 aromatic heterocycles. The number of thiazole rings is 1. The van der Waals surface area contributed by atoms with Crippen LogP contribution in [-0.2, 0) is 9.53 Å². The lowest BCUT2D eigenvalue weighted by molar-refractivity contribution is -0.124. The third-order valence-electron chi connectivity index (χ3n) is 5.44. The normalized spacial score (nSPS) is 11.8. The average Bonchev–Trinajstić information content (AvgIpc) is 3.54. The minimum absolute atomic E-state index is 0.319. The number of amides is 1. The van der Waals surface area contributed by atoms with Crippen molar-refractivity contribution < 1.29 is 14.3 Å². The van der Waals surface area contributed by atoms with Crippen molar-refractivity contribution in [3.63, 3.8) is 0 Å². The maximum absolute atomic E-state index is 12.8. The number of nitrogens with one attached hydrogen (secondary N) is 2. The van der Waals surface area contributed by atoms with Gasteiger partial charge >= 0.3 is 5.97 Å². The number of aromatic amines is 1. The van der Waals surface area contributed by atoms with Gasteiger partial charge in [-0.05, 0) is 48.9 Å². The van der Waals surface area contributed by atoms with Gasteiger partial charge in [0.1, 0.15) is 5.82 Å². The molecule has 0 aliphatic rings. The molecule has 2 aromatic carbocycles. The van der Waals surface area contributed by atoms with Gasteiger partial charge in [0, 0.05) is 33.4 Å². The van der Waals surface area contributed by atoms with Gasteiger partial charge in [-0.1, -0.05) is 35.0 Å². The molecular weight excluding hydrogens is 542 g/mol. The molecule has 0 aliphatic carbocycles. The molecule has 0 radical (unpaired) electrons. The molecule has 5 rings (SSSR count). The van der Waals surface area contributed by atoms with Gasteiger partial charge in [0.05, 0.1) is 22.3 Å². The predicted molar refractivity (Wildman–Crippen MR) is 143 cm³/mol. The van der Waals surface area contributed by atoms with E-state index in [1.165, 1.54) is 11.3 Å². The second kappa shape index (κ2) is 10.4. The molecule has 0 saturated heterocycles. The molecule has 1 unspecified atom stereocenters. The highest BCUT2D eigenvalue weighted by atomic mass is 79.9. The van der Waals surface area contributed by atoms with Crippen molar-refractivity contribution >= 4 is 55.3 Å². The summed E-state index contributed by atoms with van der Waals surface area (Å²) >= 11 is 4.73. The Morgan fingerprint density at radius 1 is 1.11 bits per heavy atom. The van der Waals surface area contributed by atoms with Crippen LogP contribution in [0.25, 0.3) is 33.7 Å². The lowest BCUT2D eigenvalue weighted by atomic mass is 10.2. The smallest absolute Gasteiger partial charge is 0.338 e. The Balaban J connectivity index is 1.26. The summed E-state index contributed by atoms with van der Waals surface area (Å²) in [6, 6.07) is 16.5. The Hall–Kier alpha value is -3.89. The third kappa shape index (κ3) is 5.19. The molecular formula is C26H20BrN5O3S. The van der Waals surface area contributed by atoms with Crippen molar-refractivity contribution in [3.05, 3.63) is 82.4 Å². The zero-order valence-corrected chi connectivity index (χ0v) is 21.5. The number of pyridine rings is 1.